The number of hydrogen-bond acceptors (Lipinski definition) is 0. The van der Waals surface area contributed by atoms with E-state index in [1.54, 1.807) is 0 Å². The van der Waals surface area contributed by atoms with Crippen LogP contribution in [0, 0.1) is 33.5 Å². The molecular formula is C26H64. The molecule has 0 spiro atoms. The summed E-state index contributed by atoms with van der Waals surface area (Å²) in [6, 6.07) is 0. The average Bonchev–Trinajstić information content (AvgIpc) is 2.20. The van der Waals surface area contributed by atoms with Crippen molar-refractivity contribution in [2.75, 3.05) is 0 Å². The van der Waals surface area contributed by atoms with Gasteiger partial charge in [-0.1, -0.05) is 127 Å². The van der Waals surface area contributed by atoms with Gasteiger partial charge in [-0.3, -0.25) is 0 Å². The van der Waals surface area contributed by atoms with Gasteiger partial charge in [0.05, 0.1) is 0 Å². The molecule has 0 N–H and O–H groups in total. The maximum Gasteiger partial charge on any atom is -0.0345 e. The van der Waals surface area contributed by atoms with Crippen molar-refractivity contribution in [3.8, 4) is 0 Å². The van der Waals surface area contributed by atoms with Gasteiger partial charge in [0, 0.05) is 0 Å². The van der Waals surface area contributed by atoms with Gasteiger partial charge in [0.2, 0.25) is 0 Å². The smallest absolute Gasteiger partial charge is 0.0345 e. The molecule has 0 bridgehead atoms. The first kappa shape index (κ1) is 40.6. The fourth-order valence-corrected chi connectivity index (χ4v) is 2.38. The maximum absolute atomic E-state index is 2.37. The van der Waals surface area contributed by atoms with Gasteiger partial charge in [-0.05, 0) is 46.3 Å². The van der Waals surface area contributed by atoms with Gasteiger partial charge in [0.25, 0.3) is 0 Å². The molecule has 168 valence electrons. The first-order valence-corrected chi connectivity index (χ1v) is 9.28. The normalized spacial score (nSPS) is 13.0. The molecule has 0 aromatic heterocycles. The molecule has 0 saturated heterocycles. The van der Waals surface area contributed by atoms with Crippen molar-refractivity contribution in [2.45, 2.75) is 139 Å². The Morgan fingerprint density at radius 1 is 0.500 bits per heavy atom. The third-order valence-corrected chi connectivity index (χ3v) is 5.40. The van der Waals surface area contributed by atoms with Crippen molar-refractivity contribution in [1.82, 2.24) is 0 Å². The van der Waals surface area contributed by atoms with Crippen LogP contribution in [-0.2, 0) is 0 Å². The van der Waals surface area contributed by atoms with Crippen molar-refractivity contribution < 1.29 is 0 Å². The van der Waals surface area contributed by atoms with E-state index in [1.165, 1.54) is 12.8 Å². The van der Waals surface area contributed by atoms with Crippen molar-refractivity contribution >= 4 is 0 Å². The van der Waals surface area contributed by atoms with Crippen LogP contribution in [0.1, 0.15) is 139 Å². The summed E-state index contributed by atoms with van der Waals surface area (Å²) in [6.45, 7) is 32.5. The Bertz CT molecular complexity index is 268. The molecule has 0 aromatic carbocycles. The predicted octanol–water partition coefficient (Wildman–Crippen LogP) is 10.8. The van der Waals surface area contributed by atoms with Crippen LogP contribution in [0.3, 0.4) is 0 Å². The lowest BCUT2D eigenvalue weighted by molar-refractivity contribution is 0.121. The zero-order valence-corrected chi connectivity index (χ0v) is 18.6. The summed E-state index contributed by atoms with van der Waals surface area (Å²) in [4.78, 5) is 0. The molecule has 0 saturated carbocycles. The third-order valence-electron chi connectivity index (χ3n) is 5.40. The topological polar surface area (TPSA) is 0 Å². The minimum atomic E-state index is 0. The van der Waals surface area contributed by atoms with E-state index < -0.39 is 0 Å². The zero-order chi connectivity index (χ0) is 18.6. The van der Waals surface area contributed by atoms with E-state index in [9.17, 15) is 0 Å². The standard InChI is InChI=1S/C12H26.C10H22.4CH4/c1-10(12(5,6)7)8-9-11(2,3)4;1-8(9(2,3)4)10(5,6)7;;;;/h10H,8-9H2,1-7H3;8H,1-7H3;4*1H4. The van der Waals surface area contributed by atoms with E-state index in [1.807, 2.05) is 0 Å². The van der Waals surface area contributed by atoms with Crippen molar-refractivity contribution in [3.05, 3.63) is 0 Å². The van der Waals surface area contributed by atoms with Crippen LogP contribution in [0.5, 0.6) is 0 Å². The fourth-order valence-electron chi connectivity index (χ4n) is 2.38. The Kier molecular flexibility index (Phi) is 22.0. The minimum Gasteiger partial charge on any atom is -0.0776 e. The maximum atomic E-state index is 2.37. The Labute approximate surface area is 173 Å². The molecule has 0 fully saturated rings. The number of hydrogen-bond donors (Lipinski definition) is 0. The first-order chi connectivity index (χ1) is 9.28. The van der Waals surface area contributed by atoms with Crippen LogP contribution in [0.15, 0.2) is 0 Å². The highest BCUT2D eigenvalue weighted by atomic mass is 14.4. The summed E-state index contributed by atoms with van der Waals surface area (Å²) in [7, 11) is 0. The molecule has 0 aromatic rings. The van der Waals surface area contributed by atoms with Crippen LogP contribution >= 0.6 is 0 Å². The molecular weight excluding hydrogens is 312 g/mol. The van der Waals surface area contributed by atoms with E-state index in [2.05, 4.69) is 96.9 Å². The monoisotopic (exact) mass is 377 g/mol. The molecule has 0 aliphatic heterocycles. The summed E-state index contributed by atoms with van der Waals surface area (Å²) < 4.78 is 0. The second kappa shape index (κ2) is 14.1. The van der Waals surface area contributed by atoms with Crippen molar-refractivity contribution in [2.24, 2.45) is 33.5 Å². The molecule has 0 rings (SSSR count). The first-order valence-electron chi connectivity index (χ1n) is 9.28. The van der Waals surface area contributed by atoms with E-state index >= 15 is 0 Å². The molecule has 0 heterocycles. The van der Waals surface area contributed by atoms with Crippen LogP contribution in [0.25, 0.3) is 0 Å². The Hall–Kier alpha value is 0. The molecule has 0 aliphatic carbocycles. The Balaban J connectivity index is -0.0000000674. The highest BCUT2D eigenvalue weighted by Crippen LogP contribution is 2.39. The summed E-state index contributed by atoms with van der Waals surface area (Å²) in [5.41, 5.74) is 1.86. The number of rotatable bonds is 2. The third kappa shape index (κ3) is 22.0. The van der Waals surface area contributed by atoms with Gasteiger partial charge in [-0.2, -0.15) is 0 Å². The van der Waals surface area contributed by atoms with Crippen LogP contribution in [0.4, 0.5) is 0 Å². The van der Waals surface area contributed by atoms with Crippen LogP contribution < -0.4 is 0 Å². The van der Waals surface area contributed by atoms with Gasteiger partial charge < -0.3 is 0 Å². The van der Waals surface area contributed by atoms with Crippen molar-refractivity contribution in [1.29, 1.82) is 0 Å². The van der Waals surface area contributed by atoms with E-state index in [4.69, 9.17) is 0 Å². The highest BCUT2D eigenvalue weighted by molar-refractivity contribution is 4.79. The largest absolute Gasteiger partial charge is 0.0776 e. The Morgan fingerprint density at radius 2 is 0.769 bits per heavy atom. The fraction of sp³-hybridized carbons (Fsp3) is 1.00. The summed E-state index contributed by atoms with van der Waals surface area (Å²) in [6.07, 6.45) is 2.69. The predicted molar refractivity (Wildman–Crippen MR) is 132 cm³/mol. The molecule has 0 radical (unpaired) electrons. The quantitative estimate of drug-likeness (QED) is 0.449. The van der Waals surface area contributed by atoms with Gasteiger partial charge in [-0.25, -0.2) is 0 Å². The summed E-state index contributed by atoms with van der Waals surface area (Å²) >= 11 is 0. The molecule has 0 nitrogen and oxygen atoms in total. The Morgan fingerprint density at radius 3 is 0.885 bits per heavy atom. The summed E-state index contributed by atoms with van der Waals surface area (Å²) in [5.74, 6) is 1.59. The lowest BCUT2D eigenvalue weighted by atomic mass is 9.68. The van der Waals surface area contributed by atoms with Gasteiger partial charge in [0.15, 0.2) is 0 Å². The van der Waals surface area contributed by atoms with Gasteiger partial charge in [0.1, 0.15) is 0 Å². The SMILES string of the molecule is C.C.C.C.CC(C(C)(C)C)C(C)(C)C.CC(CCC(C)(C)C)C(C)(C)C. The van der Waals surface area contributed by atoms with E-state index in [0.29, 0.717) is 21.7 Å². The molecule has 0 heteroatoms. The zero-order valence-electron chi connectivity index (χ0n) is 18.6. The summed E-state index contributed by atoms with van der Waals surface area (Å²) in [5, 5.41) is 0. The molecule has 1 atom stereocenters. The molecule has 26 heavy (non-hydrogen) atoms. The van der Waals surface area contributed by atoms with Crippen LogP contribution in [0.2, 0.25) is 0 Å². The van der Waals surface area contributed by atoms with Gasteiger partial charge in [-0.15, -0.1) is 0 Å². The van der Waals surface area contributed by atoms with Crippen molar-refractivity contribution in [3.63, 3.8) is 0 Å². The molecule has 0 aliphatic rings. The molecule has 0 amide bonds. The average molecular weight is 377 g/mol. The highest BCUT2D eigenvalue weighted by Gasteiger charge is 2.30. The second-order valence-electron chi connectivity index (χ2n) is 11.8. The molecule has 1 unspecified atom stereocenters. The van der Waals surface area contributed by atoms with E-state index in [0.717, 1.165) is 11.8 Å². The lowest BCUT2D eigenvalue weighted by Crippen LogP contribution is -2.29. The van der Waals surface area contributed by atoms with Gasteiger partial charge >= 0.3 is 0 Å². The van der Waals surface area contributed by atoms with E-state index in [-0.39, 0.29) is 29.7 Å². The van der Waals surface area contributed by atoms with Crippen LogP contribution in [-0.4, -0.2) is 0 Å². The second-order valence-corrected chi connectivity index (χ2v) is 11.8. The lowest BCUT2D eigenvalue weighted by Gasteiger charge is -2.38. The minimum absolute atomic E-state index is 0.